The maximum absolute atomic E-state index is 5.89. The molecule has 0 spiro atoms. The van der Waals surface area contributed by atoms with Crippen LogP contribution in [0.2, 0.25) is 0 Å². The first-order valence-electron chi connectivity index (χ1n) is 7.29. The van der Waals surface area contributed by atoms with Crippen molar-refractivity contribution in [3.63, 3.8) is 0 Å². The lowest BCUT2D eigenvalue weighted by molar-refractivity contribution is 0.0367. The Morgan fingerprint density at radius 2 is 2.14 bits per heavy atom. The molecule has 22 heavy (non-hydrogen) atoms. The van der Waals surface area contributed by atoms with Gasteiger partial charge in [0.2, 0.25) is 5.95 Å². The van der Waals surface area contributed by atoms with E-state index in [0.717, 1.165) is 30.3 Å². The molecule has 2 aromatic heterocycles. The highest BCUT2D eigenvalue weighted by Gasteiger charge is 2.24. The molecule has 3 heterocycles. The number of hydrogen-bond acceptors (Lipinski definition) is 7. The summed E-state index contributed by atoms with van der Waals surface area (Å²) in [5.41, 5.74) is 1.86. The molecule has 0 saturated carbocycles. The number of aromatic nitrogens is 4. The smallest absolute Gasteiger partial charge is 0.225 e. The van der Waals surface area contributed by atoms with Crippen LogP contribution in [-0.2, 0) is 4.74 Å². The standard InChI is InChI=1S/C15H20N6O/c1-11-8-14(18-10-17-11)21-6-7-22-13(9-21)12-4-5-16-15(19-12)20(2)3/h4-5,8,10,13H,6-7,9H2,1-3H3/t13-/m0/s1. The number of ether oxygens (including phenoxy) is 1. The van der Waals surface area contributed by atoms with E-state index >= 15 is 0 Å². The minimum atomic E-state index is -0.0780. The van der Waals surface area contributed by atoms with Crippen molar-refractivity contribution in [3.05, 3.63) is 36.0 Å². The Labute approximate surface area is 130 Å². The van der Waals surface area contributed by atoms with Gasteiger partial charge in [-0.1, -0.05) is 0 Å². The van der Waals surface area contributed by atoms with Gasteiger partial charge < -0.3 is 14.5 Å². The number of aryl methyl sites for hydroxylation is 1. The highest BCUT2D eigenvalue weighted by atomic mass is 16.5. The van der Waals surface area contributed by atoms with Crippen molar-refractivity contribution in [2.75, 3.05) is 43.6 Å². The first-order chi connectivity index (χ1) is 10.6. The molecule has 1 saturated heterocycles. The molecule has 0 N–H and O–H groups in total. The van der Waals surface area contributed by atoms with E-state index in [1.807, 2.05) is 38.1 Å². The average molecular weight is 300 g/mol. The Balaban J connectivity index is 1.79. The van der Waals surface area contributed by atoms with E-state index in [9.17, 15) is 0 Å². The molecule has 1 aliphatic rings. The molecule has 116 valence electrons. The normalized spacial score (nSPS) is 18.3. The maximum Gasteiger partial charge on any atom is 0.225 e. The molecule has 2 aromatic rings. The zero-order valence-electron chi connectivity index (χ0n) is 13.1. The van der Waals surface area contributed by atoms with E-state index in [1.165, 1.54) is 0 Å². The Hall–Kier alpha value is -2.28. The molecule has 1 atom stereocenters. The van der Waals surface area contributed by atoms with Crippen LogP contribution in [0.5, 0.6) is 0 Å². The number of anilines is 2. The van der Waals surface area contributed by atoms with Crippen LogP contribution in [0, 0.1) is 6.92 Å². The zero-order chi connectivity index (χ0) is 15.5. The fraction of sp³-hybridized carbons (Fsp3) is 0.467. The lowest BCUT2D eigenvalue weighted by Crippen LogP contribution is -2.39. The molecule has 1 fully saturated rings. The maximum atomic E-state index is 5.89. The molecule has 0 aromatic carbocycles. The summed E-state index contributed by atoms with van der Waals surface area (Å²) in [6.07, 6.45) is 3.30. The van der Waals surface area contributed by atoms with Gasteiger partial charge in [0.15, 0.2) is 0 Å². The molecule has 0 bridgehead atoms. The summed E-state index contributed by atoms with van der Waals surface area (Å²) >= 11 is 0. The fourth-order valence-electron chi connectivity index (χ4n) is 2.41. The molecular weight excluding hydrogens is 280 g/mol. The van der Waals surface area contributed by atoms with Gasteiger partial charge in [-0.15, -0.1) is 0 Å². The van der Waals surface area contributed by atoms with E-state index in [2.05, 4.69) is 24.8 Å². The molecule has 7 heteroatoms. The number of hydrogen-bond donors (Lipinski definition) is 0. The highest BCUT2D eigenvalue weighted by Crippen LogP contribution is 2.24. The van der Waals surface area contributed by atoms with Gasteiger partial charge in [-0.25, -0.2) is 19.9 Å². The summed E-state index contributed by atoms with van der Waals surface area (Å²) in [5.74, 6) is 1.62. The second-order valence-electron chi connectivity index (χ2n) is 5.50. The molecule has 0 aliphatic carbocycles. The van der Waals surface area contributed by atoms with E-state index < -0.39 is 0 Å². The minimum Gasteiger partial charge on any atom is -0.368 e. The Morgan fingerprint density at radius 3 is 2.91 bits per heavy atom. The van der Waals surface area contributed by atoms with Crippen molar-refractivity contribution in [1.82, 2.24) is 19.9 Å². The van der Waals surface area contributed by atoms with Crippen molar-refractivity contribution in [1.29, 1.82) is 0 Å². The van der Waals surface area contributed by atoms with Crippen molar-refractivity contribution in [2.45, 2.75) is 13.0 Å². The number of nitrogens with zero attached hydrogens (tertiary/aromatic N) is 6. The summed E-state index contributed by atoms with van der Waals surface area (Å²) in [7, 11) is 3.85. The SMILES string of the molecule is Cc1cc(N2CCO[C@H](c3ccnc(N(C)C)n3)C2)ncn1. The number of morpholine rings is 1. The third kappa shape index (κ3) is 3.14. The van der Waals surface area contributed by atoms with Gasteiger partial charge in [0.05, 0.1) is 18.8 Å². The third-order valence-electron chi connectivity index (χ3n) is 3.57. The predicted molar refractivity (Wildman–Crippen MR) is 84.0 cm³/mol. The largest absolute Gasteiger partial charge is 0.368 e. The van der Waals surface area contributed by atoms with Gasteiger partial charge in [-0.3, -0.25) is 0 Å². The Bertz CT molecular complexity index is 647. The van der Waals surface area contributed by atoms with E-state index in [4.69, 9.17) is 4.74 Å². The first-order valence-corrected chi connectivity index (χ1v) is 7.29. The van der Waals surface area contributed by atoms with Crippen LogP contribution in [0.15, 0.2) is 24.7 Å². The lowest BCUT2D eigenvalue weighted by Gasteiger charge is -2.33. The predicted octanol–water partition coefficient (Wildman–Crippen LogP) is 1.22. The summed E-state index contributed by atoms with van der Waals surface area (Å²) in [5, 5.41) is 0. The second-order valence-corrected chi connectivity index (χ2v) is 5.50. The molecule has 0 amide bonds. The minimum absolute atomic E-state index is 0.0780. The van der Waals surface area contributed by atoms with E-state index in [1.54, 1.807) is 12.5 Å². The van der Waals surface area contributed by atoms with Crippen LogP contribution in [0.1, 0.15) is 17.5 Å². The molecule has 3 rings (SSSR count). The lowest BCUT2D eigenvalue weighted by atomic mass is 10.2. The summed E-state index contributed by atoms with van der Waals surface area (Å²) in [4.78, 5) is 21.4. The van der Waals surface area contributed by atoms with Crippen LogP contribution in [0.25, 0.3) is 0 Å². The van der Waals surface area contributed by atoms with Crippen molar-refractivity contribution < 1.29 is 4.74 Å². The highest BCUT2D eigenvalue weighted by molar-refractivity contribution is 5.40. The second kappa shape index (κ2) is 6.23. The van der Waals surface area contributed by atoms with Crippen LogP contribution in [0.3, 0.4) is 0 Å². The zero-order valence-corrected chi connectivity index (χ0v) is 13.1. The van der Waals surface area contributed by atoms with Crippen molar-refractivity contribution in [2.24, 2.45) is 0 Å². The van der Waals surface area contributed by atoms with Crippen molar-refractivity contribution in [3.8, 4) is 0 Å². The third-order valence-corrected chi connectivity index (χ3v) is 3.57. The molecule has 1 aliphatic heterocycles. The topological polar surface area (TPSA) is 67.3 Å². The van der Waals surface area contributed by atoms with E-state index in [0.29, 0.717) is 12.6 Å². The van der Waals surface area contributed by atoms with Crippen LogP contribution < -0.4 is 9.80 Å². The van der Waals surface area contributed by atoms with Gasteiger partial charge in [-0.2, -0.15) is 0 Å². The van der Waals surface area contributed by atoms with Gasteiger partial charge in [0.1, 0.15) is 18.2 Å². The van der Waals surface area contributed by atoms with Gasteiger partial charge >= 0.3 is 0 Å². The molecular formula is C15H20N6O. The fourth-order valence-corrected chi connectivity index (χ4v) is 2.41. The average Bonchev–Trinajstić information content (AvgIpc) is 2.55. The molecule has 7 nitrogen and oxygen atoms in total. The van der Waals surface area contributed by atoms with Crippen LogP contribution in [-0.4, -0.2) is 53.7 Å². The van der Waals surface area contributed by atoms with Gasteiger partial charge in [0, 0.05) is 38.6 Å². The summed E-state index contributed by atoms with van der Waals surface area (Å²) < 4.78 is 5.89. The quantitative estimate of drug-likeness (QED) is 0.844. The van der Waals surface area contributed by atoms with Crippen molar-refractivity contribution >= 4 is 11.8 Å². The monoisotopic (exact) mass is 300 g/mol. The van der Waals surface area contributed by atoms with Gasteiger partial charge in [0.25, 0.3) is 0 Å². The van der Waals surface area contributed by atoms with E-state index in [-0.39, 0.29) is 6.10 Å². The molecule has 0 radical (unpaired) electrons. The first kappa shape index (κ1) is 14.6. The number of rotatable bonds is 3. The van der Waals surface area contributed by atoms with Gasteiger partial charge in [-0.05, 0) is 13.0 Å². The summed E-state index contributed by atoms with van der Waals surface area (Å²) in [6.45, 7) is 4.16. The van der Waals surface area contributed by atoms with Crippen LogP contribution >= 0.6 is 0 Å². The Morgan fingerprint density at radius 1 is 1.27 bits per heavy atom. The molecule has 0 unspecified atom stereocenters. The Kier molecular flexibility index (Phi) is 4.15. The van der Waals surface area contributed by atoms with Crippen LogP contribution in [0.4, 0.5) is 11.8 Å². The summed E-state index contributed by atoms with van der Waals surface area (Å²) in [6, 6.07) is 3.90.